The Morgan fingerprint density at radius 1 is 1.33 bits per heavy atom. The first-order valence-electron chi connectivity index (χ1n) is 6.87. The van der Waals surface area contributed by atoms with Crippen molar-refractivity contribution in [1.29, 1.82) is 0 Å². The molecule has 1 amide bonds. The molecule has 0 bridgehead atoms. The number of nitrogens with one attached hydrogen (secondary N) is 2. The van der Waals surface area contributed by atoms with Gasteiger partial charge in [0.25, 0.3) is 5.91 Å². The molecule has 0 aliphatic carbocycles. The molecule has 1 aromatic carbocycles. The number of benzene rings is 1. The molecule has 0 saturated carbocycles. The first-order chi connectivity index (χ1) is 10.1. The topological polar surface area (TPSA) is 54.0 Å². The number of hydrogen-bond acceptors (Lipinski definition) is 3. The van der Waals surface area contributed by atoms with E-state index in [1.807, 2.05) is 19.9 Å². The monoisotopic (exact) mass is 287 g/mol. The number of hydrogen-bond donors (Lipinski definition) is 2. The number of rotatable bonds is 5. The van der Waals surface area contributed by atoms with Crippen LogP contribution in [0.1, 0.15) is 29.3 Å². The highest BCUT2D eigenvalue weighted by atomic mass is 19.1. The number of anilines is 2. The zero-order chi connectivity index (χ0) is 15.2. The van der Waals surface area contributed by atoms with E-state index in [-0.39, 0.29) is 17.2 Å². The molecule has 5 heteroatoms. The number of nitrogens with zero attached hydrogens (tertiary/aromatic N) is 1. The summed E-state index contributed by atoms with van der Waals surface area (Å²) in [4.78, 5) is 16.3. The average molecular weight is 287 g/mol. The number of carbonyl (C=O) groups excluding carboxylic acids is 1. The lowest BCUT2D eigenvalue weighted by atomic mass is 10.1. The molecular formula is C16H18FN3O. The molecule has 2 rings (SSSR count). The first kappa shape index (κ1) is 15.0. The fourth-order valence-corrected chi connectivity index (χ4v) is 1.96. The van der Waals surface area contributed by atoms with Crippen LogP contribution in [0.15, 0.2) is 36.7 Å². The Morgan fingerprint density at radius 2 is 2.14 bits per heavy atom. The van der Waals surface area contributed by atoms with Gasteiger partial charge in [0.15, 0.2) is 0 Å². The van der Waals surface area contributed by atoms with Gasteiger partial charge in [-0.05, 0) is 37.1 Å². The fourth-order valence-electron chi connectivity index (χ4n) is 1.96. The number of amides is 1. The Kier molecular flexibility index (Phi) is 4.87. The molecular weight excluding hydrogens is 269 g/mol. The second kappa shape index (κ2) is 6.83. The summed E-state index contributed by atoms with van der Waals surface area (Å²) < 4.78 is 13.9. The summed E-state index contributed by atoms with van der Waals surface area (Å²) in [5.41, 5.74) is 2.05. The van der Waals surface area contributed by atoms with Crippen LogP contribution in [0.4, 0.5) is 15.8 Å². The molecule has 0 aliphatic rings. The zero-order valence-electron chi connectivity index (χ0n) is 12.1. The maximum Gasteiger partial charge on any atom is 0.257 e. The molecule has 0 atom stereocenters. The third-order valence-electron chi connectivity index (χ3n) is 2.94. The van der Waals surface area contributed by atoms with E-state index >= 15 is 0 Å². The summed E-state index contributed by atoms with van der Waals surface area (Å²) in [5, 5.41) is 5.69. The van der Waals surface area contributed by atoms with E-state index in [2.05, 4.69) is 15.6 Å². The second-order valence-corrected chi connectivity index (χ2v) is 4.79. The lowest BCUT2D eigenvalue weighted by Crippen LogP contribution is -2.16. The van der Waals surface area contributed by atoms with Crippen molar-refractivity contribution < 1.29 is 9.18 Å². The van der Waals surface area contributed by atoms with Gasteiger partial charge in [0.05, 0.1) is 23.1 Å². The van der Waals surface area contributed by atoms with E-state index in [0.717, 1.165) is 12.0 Å². The lowest BCUT2D eigenvalue weighted by Gasteiger charge is -2.12. The van der Waals surface area contributed by atoms with Gasteiger partial charge >= 0.3 is 0 Å². The minimum absolute atomic E-state index is 0.234. The Bertz CT molecular complexity index is 643. The molecule has 0 unspecified atom stereocenters. The summed E-state index contributed by atoms with van der Waals surface area (Å²) in [6.45, 7) is 4.47. The summed E-state index contributed by atoms with van der Waals surface area (Å²) in [5.74, 6) is -0.793. The highest BCUT2D eigenvalue weighted by molar-refractivity contribution is 6.08. The van der Waals surface area contributed by atoms with Crippen LogP contribution < -0.4 is 10.6 Å². The third kappa shape index (κ3) is 3.78. The normalized spacial score (nSPS) is 10.2. The summed E-state index contributed by atoms with van der Waals surface area (Å²) >= 11 is 0. The second-order valence-electron chi connectivity index (χ2n) is 4.79. The summed E-state index contributed by atoms with van der Waals surface area (Å²) in [6, 6.07) is 6.27. The van der Waals surface area contributed by atoms with Gasteiger partial charge in [-0.25, -0.2) is 4.39 Å². The van der Waals surface area contributed by atoms with Crippen molar-refractivity contribution in [3.8, 4) is 0 Å². The summed E-state index contributed by atoms with van der Waals surface area (Å²) in [7, 11) is 0. The van der Waals surface area contributed by atoms with Gasteiger partial charge in [0, 0.05) is 12.7 Å². The number of halogens is 1. The molecule has 21 heavy (non-hydrogen) atoms. The van der Waals surface area contributed by atoms with Crippen molar-refractivity contribution in [2.45, 2.75) is 20.3 Å². The predicted octanol–water partition coefficient (Wildman–Crippen LogP) is 3.60. The number of aromatic nitrogens is 1. The number of carbonyl (C=O) groups is 1. The maximum atomic E-state index is 13.9. The zero-order valence-corrected chi connectivity index (χ0v) is 12.1. The van der Waals surface area contributed by atoms with Gasteiger partial charge in [-0.1, -0.05) is 13.0 Å². The van der Waals surface area contributed by atoms with Crippen molar-refractivity contribution in [3.05, 3.63) is 53.6 Å². The van der Waals surface area contributed by atoms with Crippen LogP contribution in [0, 0.1) is 12.7 Å². The van der Waals surface area contributed by atoms with Crippen molar-refractivity contribution in [2.24, 2.45) is 0 Å². The highest BCUT2D eigenvalue weighted by Crippen LogP contribution is 2.21. The minimum atomic E-state index is -0.432. The average Bonchev–Trinajstić information content (AvgIpc) is 2.45. The molecule has 0 radical (unpaired) electrons. The van der Waals surface area contributed by atoms with E-state index in [1.54, 1.807) is 18.5 Å². The third-order valence-corrected chi connectivity index (χ3v) is 2.94. The van der Waals surface area contributed by atoms with Gasteiger partial charge in [0.2, 0.25) is 0 Å². The number of aryl methyl sites for hydroxylation is 1. The van der Waals surface area contributed by atoms with Gasteiger partial charge in [-0.2, -0.15) is 0 Å². The minimum Gasteiger partial charge on any atom is -0.382 e. The fraction of sp³-hybridized carbons (Fsp3) is 0.250. The number of para-hydroxylation sites is 1. The van der Waals surface area contributed by atoms with Gasteiger partial charge in [0.1, 0.15) is 5.82 Å². The molecule has 1 heterocycles. The van der Waals surface area contributed by atoms with Crippen LogP contribution in [0.5, 0.6) is 0 Å². The molecule has 4 nitrogen and oxygen atoms in total. The van der Waals surface area contributed by atoms with Crippen molar-refractivity contribution in [2.75, 3.05) is 17.2 Å². The molecule has 0 aliphatic heterocycles. The molecule has 0 spiro atoms. The van der Waals surface area contributed by atoms with E-state index in [0.29, 0.717) is 12.2 Å². The van der Waals surface area contributed by atoms with Crippen LogP contribution in [-0.2, 0) is 0 Å². The standard InChI is InChI=1S/C16H18FN3O/c1-3-7-19-15-13(5-4-6-14(15)17)16(21)20-12-8-11(2)9-18-10-12/h4-6,8-10,19H,3,7H2,1-2H3,(H,20,21). The van der Waals surface area contributed by atoms with Crippen molar-refractivity contribution in [3.63, 3.8) is 0 Å². The van der Waals surface area contributed by atoms with Crippen LogP contribution in [-0.4, -0.2) is 17.4 Å². The Morgan fingerprint density at radius 3 is 2.86 bits per heavy atom. The van der Waals surface area contributed by atoms with Crippen LogP contribution in [0.3, 0.4) is 0 Å². The van der Waals surface area contributed by atoms with E-state index < -0.39 is 5.82 Å². The molecule has 1 aromatic heterocycles. The largest absolute Gasteiger partial charge is 0.382 e. The number of pyridine rings is 1. The Balaban J connectivity index is 2.24. The molecule has 110 valence electrons. The van der Waals surface area contributed by atoms with Gasteiger partial charge in [-0.3, -0.25) is 9.78 Å². The molecule has 2 N–H and O–H groups in total. The van der Waals surface area contributed by atoms with E-state index in [9.17, 15) is 9.18 Å². The first-order valence-corrected chi connectivity index (χ1v) is 6.87. The van der Waals surface area contributed by atoms with Crippen LogP contribution in [0.2, 0.25) is 0 Å². The predicted molar refractivity (Wildman–Crippen MR) is 82.1 cm³/mol. The smallest absolute Gasteiger partial charge is 0.257 e. The van der Waals surface area contributed by atoms with E-state index in [4.69, 9.17) is 0 Å². The van der Waals surface area contributed by atoms with Gasteiger partial charge < -0.3 is 10.6 Å². The van der Waals surface area contributed by atoms with Crippen molar-refractivity contribution in [1.82, 2.24) is 4.98 Å². The lowest BCUT2D eigenvalue weighted by molar-refractivity contribution is 0.102. The molecule has 2 aromatic rings. The summed E-state index contributed by atoms with van der Waals surface area (Å²) in [6.07, 6.45) is 4.10. The maximum absolute atomic E-state index is 13.9. The Labute approximate surface area is 123 Å². The molecule has 0 saturated heterocycles. The van der Waals surface area contributed by atoms with Crippen LogP contribution >= 0.6 is 0 Å². The van der Waals surface area contributed by atoms with Gasteiger partial charge in [-0.15, -0.1) is 0 Å². The molecule has 0 fully saturated rings. The van der Waals surface area contributed by atoms with E-state index in [1.165, 1.54) is 12.1 Å². The quantitative estimate of drug-likeness (QED) is 0.883. The van der Waals surface area contributed by atoms with Crippen molar-refractivity contribution >= 4 is 17.3 Å². The van der Waals surface area contributed by atoms with Crippen LogP contribution in [0.25, 0.3) is 0 Å². The highest BCUT2D eigenvalue weighted by Gasteiger charge is 2.15. The SMILES string of the molecule is CCCNc1c(F)cccc1C(=O)Nc1cncc(C)c1. The Hall–Kier alpha value is -2.43.